The van der Waals surface area contributed by atoms with Gasteiger partial charge in [-0.1, -0.05) is 12.1 Å². The fraction of sp³-hybridized carbons (Fsp3) is 0.571. The summed E-state index contributed by atoms with van der Waals surface area (Å²) in [5.41, 5.74) is 4.27. The van der Waals surface area contributed by atoms with E-state index in [2.05, 4.69) is 24.4 Å². The molecule has 0 unspecified atom stereocenters. The van der Waals surface area contributed by atoms with Gasteiger partial charge in [0.2, 0.25) is 0 Å². The van der Waals surface area contributed by atoms with Gasteiger partial charge < -0.3 is 10.1 Å². The smallest absolute Gasteiger partial charge is 0.125 e. The van der Waals surface area contributed by atoms with E-state index in [4.69, 9.17) is 4.74 Å². The Hall–Kier alpha value is -1.02. The average molecular weight is 217 g/mol. The molecule has 16 heavy (non-hydrogen) atoms. The minimum Gasteiger partial charge on any atom is -0.496 e. The van der Waals surface area contributed by atoms with Gasteiger partial charge in [0.1, 0.15) is 5.75 Å². The molecule has 0 saturated carbocycles. The normalized spacial score (nSPS) is 27.4. The standard InChI is InChI=1S/C14H19NO/c1-9-3-4-10-11-7-8-15-13(11)6-5-12(10)14(9)16-2/h3-4,11,13,15H,5-8H2,1-2H3/t11-,13+/m0/s1. The van der Waals surface area contributed by atoms with Crippen molar-refractivity contribution in [2.45, 2.75) is 38.1 Å². The highest BCUT2D eigenvalue weighted by molar-refractivity contribution is 5.49. The predicted molar refractivity (Wildman–Crippen MR) is 65.2 cm³/mol. The summed E-state index contributed by atoms with van der Waals surface area (Å²) in [5.74, 6) is 1.85. The lowest BCUT2D eigenvalue weighted by Crippen LogP contribution is -2.30. The first-order valence-corrected chi connectivity index (χ1v) is 6.21. The Morgan fingerprint density at radius 1 is 1.31 bits per heavy atom. The Balaban J connectivity index is 2.10. The van der Waals surface area contributed by atoms with Crippen molar-refractivity contribution in [1.82, 2.24) is 5.32 Å². The van der Waals surface area contributed by atoms with Gasteiger partial charge in [0.25, 0.3) is 0 Å². The summed E-state index contributed by atoms with van der Waals surface area (Å²) in [4.78, 5) is 0. The van der Waals surface area contributed by atoms with Crippen molar-refractivity contribution in [2.24, 2.45) is 0 Å². The van der Waals surface area contributed by atoms with Gasteiger partial charge in [0.15, 0.2) is 0 Å². The first-order valence-electron chi connectivity index (χ1n) is 6.21. The molecule has 2 nitrogen and oxygen atoms in total. The van der Waals surface area contributed by atoms with Gasteiger partial charge in [-0.15, -0.1) is 0 Å². The number of benzene rings is 1. The Kier molecular flexibility index (Phi) is 2.40. The molecule has 2 aliphatic rings. The van der Waals surface area contributed by atoms with Crippen LogP contribution in [0.15, 0.2) is 12.1 Å². The third-order valence-electron chi connectivity index (χ3n) is 4.15. The Labute approximate surface area is 97.0 Å². The van der Waals surface area contributed by atoms with Crippen LogP contribution in [0.5, 0.6) is 5.75 Å². The van der Waals surface area contributed by atoms with Crippen molar-refractivity contribution >= 4 is 0 Å². The van der Waals surface area contributed by atoms with Crippen molar-refractivity contribution in [3.63, 3.8) is 0 Å². The fourth-order valence-corrected chi connectivity index (χ4v) is 3.39. The molecule has 1 N–H and O–H groups in total. The van der Waals surface area contributed by atoms with Crippen molar-refractivity contribution in [2.75, 3.05) is 13.7 Å². The van der Waals surface area contributed by atoms with Crippen LogP contribution in [0.3, 0.4) is 0 Å². The minimum atomic E-state index is 0.708. The molecule has 0 spiro atoms. The van der Waals surface area contributed by atoms with Crippen LogP contribution in [0.4, 0.5) is 0 Å². The van der Waals surface area contributed by atoms with Crippen LogP contribution in [0.25, 0.3) is 0 Å². The van der Waals surface area contributed by atoms with E-state index in [0.29, 0.717) is 6.04 Å². The van der Waals surface area contributed by atoms with Gasteiger partial charge in [0, 0.05) is 12.0 Å². The summed E-state index contributed by atoms with van der Waals surface area (Å²) < 4.78 is 5.57. The van der Waals surface area contributed by atoms with Crippen LogP contribution < -0.4 is 10.1 Å². The number of aryl methyl sites for hydroxylation is 1. The second kappa shape index (κ2) is 3.77. The van der Waals surface area contributed by atoms with Gasteiger partial charge in [-0.3, -0.25) is 0 Å². The first kappa shape index (κ1) is 10.2. The molecular weight excluding hydrogens is 198 g/mol. The van der Waals surface area contributed by atoms with Crippen molar-refractivity contribution < 1.29 is 4.74 Å². The van der Waals surface area contributed by atoms with E-state index >= 15 is 0 Å². The van der Waals surface area contributed by atoms with Crippen molar-refractivity contribution in [3.05, 3.63) is 28.8 Å². The predicted octanol–water partition coefficient (Wildman–Crippen LogP) is 2.40. The summed E-state index contributed by atoms with van der Waals surface area (Å²) >= 11 is 0. The maximum atomic E-state index is 5.57. The number of hydrogen-bond acceptors (Lipinski definition) is 2. The number of fused-ring (bicyclic) bond motifs is 3. The maximum absolute atomic E-state index is 5.57. The molecule has 86 valence electrons. The number of rotatable bonds is 1. The van der Waals surface area contributed by atoms with Crippen LogP contribution in [0.1, 0.15) is 35.4 Å². The summed E-state index contributed by atoms with van der Waals surface area (Å²) in [6.07, 6.45) is 3.70. The molecule has 0 radical (unpaired) electrons. The molecule has 3 rings (SSSR count). The monoisotopic (exact) mass is 217 g/mol. The highest BCUT2D eigenvalue weighted by Gasteiger charge is 2.34. The lowest BCUT2D eigenvalue weighted by Gasteiger charge is -2.29. The van der Waals surface area contributed by atoms with E-state index in [1.165, 1.54) is 36.1 Å². The van der Waals surface area contributed by atoms with Crippen LogP contribution >= 0.6 is 0 Å². The van der Waals surface area contributed by atoms with Crippen LogP contribution in [0, 0.1) is 6.92 Å². The molecule has 2 atom stereocenters. The van der Waals surface area contributed by atoms with E-state index < -0.39 is 0 Å². The van der Waals surface area contributed by atoms with Gasteiger partial charge in [-0.25, -0.2) is 0 Å². The molecule has 1 heterocycles. The Morgan fingerprint density at radius 2 is 2.19 bits per heavy atom. The molecule has 0 bridgehead atoms. The third kappa shape index (κ3) is 1.36. The molecule has 0 aromatic heterocycles. The van der Waals surface area contributed by atoms with Gasteiger partial charge in [0.05, 0.1) is 7.11 Å². The molecule has 1 aliphatic carbocycles. The lowest BCUT2D eigenvalue weighted by molar-refractivity contribution is 0.395. The fourth-order valence-electron chi connectivity index (χ4n) is 3.39. The van der Waals surface area contributed by atoms with E-state index in [9.17, 15) is 0 Å². The summed E-state index contributed by atoms with van der Waals surface area (Å²) in [6, 6.07) is 5.23. The molecular formula is C14H19NO. The minimum absolute atomic E-state index is 0.708. The zero-order valence-corrected chi connectivity index (χ0v) is 10.0. The van der Waals surface area contributed by atoms with Crippen LogP contribution in [0.2, 0.25) is 0 Å². The van der Waals surface area contributed by atoms with Crippen molar-refractivity contribution in [3.8, 4) is 5.75 Å². The quantitative estimate of drug-likeness (QED) is 0.780. The molecule has 1 fully saturated rings. The molecule has 1 aliphatic heterocycles. The molecule has 2 heteroatoms. The topological polar surface area (TPSA) is 21.3 Å². The average Bonchev–Trinajstić information content (AvgIpc) is 2.76. The summed E-state index contributed by atoms with van der Waals surface area (Å²) in [5, 5.41) is 3.61. The Morgan fingerprint density at radius 3 is 3.00 bits per heavy atom. The number of hydrogen-bond donors (Lipinski definition) is 1. The third-order valence-corrected chi connectivity index (χ3v) is 4.15. The molecule has 0 amide bonds. The van der Waals surface area contributed by atoms with Gasteiger partial charge in [-0.05, 0) is 49.4 Å². The Bertz CT molecular complexity index is 413. The first-order chi connectivity index (χ1) is 7.81. The van der Waals surface area contributed by atoms with E-state index in [-0.39, 0.29) is 0 Å². The molecule has 1 saturated heterocycles. The van der Waals surface area contributed by atoms with Crippen LogP contribution in [-0.2, 0) is 6.42 Å². The number of methoxy groups -OCH3 is 1. The van der Waals surface area contributed by atoms with E-state index in [0.717, 1.165) is 18.1 Å². The maximum Gasteiger partial charge on any atom is 0.125 e. The summed E-state index contributed by atoms with van der Waals surface area (Å²) in [7, 11) is 1.79. The largest absolute Gasteiger partial charge is 0.496 e. The highest BCUT2D eigenvalue weighted by atomic mass is 16.5. The lowest BCUT2D eigenvalue weighted by atomic mass is 9.79. The number of nitrogens with one attached hydrogen (secondary N) is 1. The number of ether oxygens (including phenoxy) is 1. The highest BCUT2D eigenvalue weighted by Crippen LogP contribution is 2.41. The SMILES string of the molecule is COc1c(C)ccc2c1CC[C@H]1NCC[C@@H]21. The second-order valence-electron chi connectivity index (χ2n) is 4.98. The molecule has 1 aromatic rings. The zero-order valence-electron chi connectivity index (χ0n) is 10.0. The van der Waals surface area contributed by atoms with Gasteiger partial charge >= 0.3 is 0 Å². The molecule has 1 aromatic carbocycles. The van der Waals surface area contributed by atoms with E-state index in [1.807, 2.05) is 0 Å². The zero-order chi connectivity index (χ0) is 11.1. The van der Waals surface area contributed by atoms with Crippen LogP contribution in [-0.4, -0.2) is 19.7 Å². The second-order valence-corrected chi connectivity index (χ2v) is 4.98. The van der Waals surface area contributed by atoms with Crippen molar-refractivity contribution in [1.29, 1.82) is 0 Å². The summed E-state index contributed by atoms with van der Waals surface area (Å²) in [6.45, 7) is 3.31. The van der Waals surface area contributed by atoms with Gasteiger partial charge in [-0.2, -0.15) is 0 Å². The van der Waals surface area contributed by atoms with E-state index in [1.54, 1.807) is 7.11 Å².